The van der Waals surface area contributed by atoms with Gasteiger partial charge in [-0.2, -0.15) is 13.2 Å². The molecule has 3 amide bonds. The molecule has 9 nitrogen and oxygen atoms in total. The molecule has 12 heteroatoms. The Labute approximate surface area is 219 Å². The first-order chi connectivity index (χ1) is 17.7. The third kappa shape index (κ3) is 4.97. The van der Waals surface area contributed by atoms with Crippen molar-refractivity contribution in [3.8, 4) is 0 Å². The van der Waals surface area contributed by atoms with Crippen LogP contribution in [0.4, 0.5) is 13.2 Å². The van der Waals surface area contributed by atoms with Crippen molar-refractivity contribution in [3.05, 3.63) is 35.9 Å². The van der Waals surface area contributed by atoms with Crippen LogP contribution in [0.3, 0.4) is 0 Å². The first-order valence-corrected chi connectivity index (χ1v) is 12.4. The van der Waals surface area contributed by atoms with Crippen molar-refractivity contribution in [2.45, 2.75) is 75.9 Å². The zero-order chi connectivity index (χ0) is 28.5. The summed E-state index contributed by atoms with van der Waals surface area (Å²) in [5.74, 6) is -3.42. The van der Waals surface area contributed by atoms with Crippen molar-refractivity contribution >= 4 is 23.7 Å². The van der Waals surface area contributed by atoms with Gasteiger partial charge in [-0.3, -0.25) is 14.4 Å². The van der Waals surface area contributed by atoms with Gasteiger partial charge in [-0.25, -0.2) is 4.79 Å². The van der Waals surface area contributed by atoms with Crippen LogP contribution in [0.5, 0.6) is 0 Å². The number of amides is 3. The highest BCUT2D eigenvalue weighted by Crippen LogP contribution is 2.47. The van der Waals surface area contributed by atoms with Crippen LogP contribution in [-0.2, 0) is 34.3 Å². The largest absolute Gasteiger partial charge is 0.460 e. The standard InChI is InChI=1S/C26H34F3N3O6/c1-23(2,3)20(34)31-18(19(33)32-17-11-13-24(32,14-12-17)21(35)30-4)15-38-22(36)25(37-5,26(27,28)29)16-9-7-6-8-10-16/h6-10,17-18H,11-15H2,1-5H3,(H,30,35)(H,31,34)/t17?,18-,24?,25+/m0/s1. The van der Waals surface area contributed by atoms with Crippen molar-refractivity contribution in [1.82, 2.24) is 15.5 Å². The lowest BCUT2D eigenvalue weighted by Gasteiger charge is -2.36. The summed E-state index contributed by atoms with van der Waals surface area (Å²) in [5.41, 5.74) is -6.04. The van der Waals surface area contributed by atoms with Crippen LogP contribution < -0.4 is 10.6 Å². The summed E-state index contributed by atoms with van der Waals surface area (Å²) >= 11 is 0. The van der Waals surface area contributed by atoms with Crippen molar-refractivity contribution < 1.29 is 41.8 Å². The quantitative estimate of drug-likeness (QED) is 0.489. The van der Waals surface area contributed by atoms with Gasteiger partial charge in [0.2, 0.25) is 17.7 Å². The van der Waals surface area contributed by atoms with Gasteiger partial charge in [0, 0.05) is 31.2 Å². The van der Waals surface area contributed by atoms with Crippen molar-refractivity contribution in [1.29, 1.82) is 0 Å². The minimum atomic E-state index is -5.20. The van der Waals surface area contributed by atoms with E-state index in [2.05, 4.69) is 10.6 Å². The molecule has 210 valence electrons. The molecule has 0 saturated carbocycles. The molecule has 2 atom stereocenters. The molecule has 0 aliphatic carbocycles. The highest BCUT2D eigenvalue weighted by Gasteiger charge is 2.64. The van der Waals surface area contributed by atoms with E-state index in [9.17, 15) is 32.3 Å². The number of ether oxygens (including phenoxy) is 2. The third-order valence-electron chi connectivity index (χ3n) is 7.33. The summed E-state index contributed by atoms with van der Waals surface area (Å²) in [6, 6.07) is 4.48. The molecule has 1 aromatic rings. The highest BCUT2D eigenvalue weighted by atomic mass is 19.4. The molecule has 2 N–H and O–H groups in total. The van der Waals surface area contributed by atoms with E-state index in [0.29, 0.717) is 25.7 Å². The molecule has 2 aliphatic heterocycles. The number of alkyl halides is 3. The number of fused-ring (bicyclic) bond motifs is 2. The Bertz CT molecular complexity index is 1060. The van der Waals surface area contributed by atoms with E-state index in [1.165, 1.54) is 30.1 Å². The average molecular weight is 542 g/mol. The first-order valence-electron chi connectivity index (χ1n) is 12.4. The SMILES string of the molecule is CNC(=O)C12CCC(CC1)N2C(=O)[C@H](COC(=O)[C@](OC)(c1ccccc1)C(F)(F)F)NC(=O)C(C)(C)C. The summed E-state index contributed by atoms with van der Waals surface area (Å²) < 4.78 is 52.7. The van der Waals surface area contributed by atoms with Crippen LogP contribution in [0, 0.1) is 5.41 Å². The van der Waals surface area contributed by atoms with Gasteiger partial charge in [0.1, 0.15) is 18.2 Å². The molecule has 0 unspecified atom stereocenters. The van der Waals surface area contributed by atoms with Gasteiger partial charge < -0.3 is 25.0 Å². The molecule has 2 fully saturated rings. The van der Waals surface area contributed by atoms with E-state index < -0.39 is 58.7 Å². The number of hydrogen-bond acceptors (Lipinski definition) is 6. The Hall–Kier alpha value is -3.15. The molecular weight excluding hydrogens is 507 g/mol. The summed E-state index contributed by atoms with van der Waals surface area (Å²) in [7, 11) is 2.19. The van der Waals surface area contributed by atoms with Crippen LogP contribution in [-0.4, -0.2) is 73.2 Å². The number of hydrogen-bond donors (Lipinski definition) is 2. The smallest absolute Gasteiger partial charge is 0.432 e. The van der Waals surface area contributed by atoms with E-state index in [4.69, 9.17) is 9.47 Å². The first kappa shape index (κ1) is 29.4. The summed E-state index contributed by atoms with van der Waals surface area (Å²) in [6.07, 6.45) is -3.25. The molecule has 0 aromatic heterocycles. The number of esters is 1. The number of nitrogens with one attached hydrogen (secondary N) is 2. The second kappa shape index (κ2) is 10.5. The lowest BCUT2D eigenvalue weighted by atomic mass is 9.87. The zero-order valence-electron chi connectivity index (χ0n) is 22.1. The number of nitrogens with zero attached hydrogens (tertiary/aromatic N) is 1. The molecule has 0 spiro atoms. The van der Waals surface area contributed by atoms with Gasteiger partial charge in [0.25, 0.3) is 5.60 Å². The number of likely N-dealkylation sites (N-methyl/N-ethyl adjacent to an activating group) is 1. The van der Waals surface area contributed by atoms with Crippen molar-refractivity contribution in [3.63, 3.8) is 0 Å². The maximum atomic E-state index is 14.3. The predicted molar refractivity (Wildman–Crippen MR) is 129 cm³/mol. The average Bonchev–Trinajstić information content (AvgIpc) is 3.42. The lowest BCUT2D eigenvalue weighted by Crippen LogP contribution is -2.61. The van der Waals surface area contributed by atoms with E-state index in [0.717, 1.165) is 19.2 Å². The lowest BCUT2D eigenvalue weighted by molar-refractivity contribution is -0.276. The summed E-state index contributed by atoms with van der Waals surface area (Å²) in [5, 5.41) is 5.10. The number of carbonyl (C=O) groups excluding carboxylic acids is 4. The number of methoxy groups -OCH3 is 1. The zero-order valence-corrected chi connectivity index (χ0v) is 22.1. The number of carbonyl (C=O) groups is 4. The molecule has 2 saturated heterocycles. The fourth-order valence-corrected chi connectivity index (χ4v) is 5.25. The Morgan fingerprint density at radius 2 is 1.66 bits per heavy atom. The number of benzene rings is 1. The number of rotatable bonds is 8. The fraction of sp³-hybridized carbons (Fsp3) is 0.615. The Morgan fingerprint density at radius 1 is 1.08 bits per heavy atom. The summed E-state index contributed by atoms with van der Waals surface area (Å²) in [6.45, 7) is 3.89. The van der Waals surface area contributed by atoms with Crippen LogP contribution in [0.1, 0.15) is 52.0 Å². The Kier molecular flexibility index (Phi) is 8.16. The highest BCUT2D eigenvalue weighted by molar-refractivity contribution is 5.96. The van der Waals surface area contributed by atoms with Crippen LogP contribution in [0.25, 0.3) is 0 Å². The molecule has 3 rings (SSSR count). The van der Waals surface area contributed by atoms with Gasteiger partial charge in [-0.1, -0.05) is 51.1 Å². The van der Waals surface area contributed by atoms with E-state index in [-0.39, 0.29) is 11.9 Å². The molecule has 2 bridgehead atoms. The van der Waals surface area contributed by atoms with Crippen LogP contribution in [0.15, 0.2) is 30.3 Å². The van der Waals surface area contributed by atoms with Crippen molar-refractivity contribution in [2.75, 3.05) is 20.8 Å². The maximum Gasteiger partial charge on any atom is 0.432 e. The molecule has 0 radical (unpaired) electrons. The normalized spacial score (nSPS) is 23.4. The van der Waals surface area contributed by atoms with E-state index >= 15 is 0 Å². The fourth-order valence-electron chi connectivity index (χ4n) is 5.25. The van der Waals surface area contributed by atoms with Crippen LogP contribution >= 0.6 is 0 Å². The second-order valence-corrected chi connectivity index (χ2v) is 10.7. The maximum absolute atomic E-state index is 14.3. The predicted octanol–water partition coefficient (Wildman–Crippen LogP) is 2.43. The molecule has 1 aromatic carbocycles. The van der Waals surface area contributed by atoms with Crippen LogP contribution in [0.2, 0.25) is 0 Å². The molecule has 2 heterocycles. The molecule has 2 aliphatic rings. The van der Waals surface area contributed by atoms with E-state index in [1.807, 2.05) is 0 Å². The van der Waals surface area contributed by atoms with Gasteiger partial charge in [-0.15, -0.1) is 0 Å². The minimum Gasteiger partial charge on any atom is -0.460 e. The van der Waals surface area contributed by atoms with Crippen molar-refractivity contribution in [2.24, 2.45) is 5.41 Å². The third-order valence-corrected chi connectivity index (χ3v) is 7.33. The topological polar surface area (TPSA) is 114 Å². The molecule has 38 heavy (non-hydrogen) atoms. The Morgan fingerprint density at radius 3 is 2.13 bits per heavy atom. The van der Waals surface area contributed by atoms with Gasteiger partial charge in [0.05, 0.1) is 0 Å². The Balaban J connectivity index is 1.94. The summed E-state index contributed by atoms with van der Waals surface area (Å²) in [4.78, 5) is 53.9. The number of halogens is 3. The van der Waals surface area contributed by atoms with Gasteiger partial charge in [0.15, 0.2) is 0 Å². The van der Waals surface area contributed by atoms with E-state index in [1.54, 1.807) is 20.8 Å². The minimum absolute atomic E-state index is 0.276. The van der Waals surface area contributed by atoms with Gasteiger partial charge >= 0.3 is 12.1 Å². The molecular formula is C26H34F3N3O6. The monoisotopic (exact) mass is 541 g/mol. The second-order valence-electron chi connectivity index (χ2n) is 10.7. The van der Waals surface area contributed by atoms with Gasteiger partial charge in [-0.05, 0) is 25.7 Å².